The van der Waals surface area contributed by atoms with Crippen molar-refractivity contribution < 1.29 is 14.6 Å². The lowest BCUT2D eigenvalue weighted by molar-refractivity contribution is 0.0377. The first-order chi connectivity index (χ1) is 14.7. The fraction of sp³-hybridized carbons (Fsp3) is 0.652. The highest BCUT2D eigenvalue weighted by molar-refractivity contribution is 5.92. The Morgan fingerprint density at radius 2 is 1.27 bits per heavy atom. The van der Waals surface area contributed by atoms with E-state index < -0.39 is 0 Å². The van der Waals surface area contributed by atoms with E-state index in [2.05, 4.69) is 19.8 Å². The van der Waals surface area contributed by atoms with Crippen LogP contribution < -0.4 is 0 Å². The summed E-state index contributed by atoms with van der Waals surface area (Å²) < 4.78 is 10.7. The molecular weight excluding hydrogens is 380 g/mol. The van der Waals surface area contributed by atoms with Crippen LogP contribution in [0.25, 0.3) is 0 Å². The number of ether oxygens (including phenoxy) is 2. The molecule has 1 N–H and O–H groups in total. The van der Waals surface area contributed by atoms with Crippen LogP contribution in [0.1, 0.15) is 29.5 Å². The van der Waals surface area contributed by atoms with Gasteiger partial charge in [-0.3, -0.25) is 19.8 Å². The third-order valence-electron chi connectivity index (χ3n) is 5.50. The number of nitrogens with zero attached hydrogens (tertiary/aromatic N) is 4. The van der Waals surface area contributed by atoms with Crippen molar-refractivity contribution in [1.82, 2.24) is 9.80 Å². The van der Waals surface area contributed by atoms with E-state index in [1.807, 2.05) is 19.1 Å². The molecule has 2 aliphatic heterocycles. The number of hydrogen-bond acceptors (Lipinski definition) is 7. The Kier molecular flexibility index (Phi) is 9.76. The van der Waals surface area contributed by atoms with Crippen molar-refractivity contribution in [3.05, 3.63) is 28.8 Å². The van der Waals surface area contributed by atoms with Crippen molar-refractivity contribution in [3.8, 4) is 5.75 Å². The summed E-state index contributed by atoms with van der Waals surface area (Å²) >= 11 is 0. The summed E-state index contributed by atoms with van der Waals surface area (Å²) in [5, 5.41) is 10.6. The summed E-state index contributed by atoms with van der Waals surface area (Å²) in [5.74, 6) is 0.259. The molecular formula is C23H36N4O3. The van der Waals surface area contributed by atoms with Crippen LogP contribution in [0.2, 0.25) is 0 Å². The van der Waals surface area contributed by atoms with Gasteiger partial charge in [0.05, 0.1) is 26.4 Å². The third kappa shape index (κ3) is 7.80. The van der Waals surface area contributed by atoms with Crippen molar-refractivity contribution in [2.45, 2.75) is 19.8 Å². The lowest BCUT2D eigenvalue weighted by Gasteiger charge is -2.26. The predicted molar refractivity (Wildman–Crippen MR) is 122 cm³/mol. The molecule has 1 aromatic carbocycles. The van der Waals surface area contributed by atoms with Gasteiger partial charge in [0.15, 0.2) is 0 Å². The fourth-order valence-electron chi connectivity index (χ4n) is 3.78. The molecule has 0 unspecified atom stereocenters. The highest BCUT2D eigenvalue weighted by Crippen LogP contribution is 2.22. The molecule has 0 aliphatic carbocycles. The average Bonchev–Trinajstić information content (AvgIpc) is 2.77. The largest absolute Gasteiger partial charge is 0.507 e. The topological polar surface area (TPSA) is 69.9 Å². The maximum absolute atomic E-state index is 10.6. The Bertz CT molecular complexity index is 641. The zero-order valence-electron chi connectivity index (χ0n) is 18.3. The minimum absolute atomic E-state index is 0.259. The van der Waals surface area contributed by atoms with Crippen molar-refractivity contribution in [2.75, 3.05) is 78.8 Å². The molecule has 2 fully saturated rings. The Morgan fingerprint density at radius 3 is 1.70 bits per heavy atom. The molecule has 2 heterocycles. The molecule has 2 aliphatic rings. The molecule has 166 valence electrons. The second-order valence-electron chi connectivity index (χ2n) is 7.98. The quantitative estimate of drug-likeness (QED) is 0.467. The smallest absolute Gasteiger partial charge is 0.133 e. The van der Waals surface area contributed by atoms with Crippen molar-refractivity contribution in [2.24, 2.45) is 9.98 Å². The van der Waals surface area contributed by atoms with Gasteiger partial charge < -0.3 is 14.6 Å². The molecule has 30 heavy (non-hydrogen) atoms. The van der Waals surface area contributed by atoms with Gasteiger partial charge in [0.2, 0.25) is 0 Å². The second kappa shape index (κ2) is 12.8. The summed E-state index contributed by atoms with van der Waals surface area (Å²) in [5.41, 5.74) is 2.62. The van der Waals surface area contributed by atoms with Gasteiger partial charge in [0.1, 0.15) is 5.75 Å². The first-order valence-electron chi connectivity index (χ1n) is 11.2. The number of aliphatic imine (C=N–C) groups is 2. The lowest BCUT2D eigenvalue weighted by atomic mass is 10.1. The number of aromatic hydroxyl groups is 1. The van der Waals surface area contributed by atoms with Crippen molar-refractivity contribution in [3.63, 3.8) is 0 Å². The van der Waals surface area contributed by atoms with E-state index in [0.29, 0.717) is 0 Å². The molecule has 0 saturated carbocycles. The molecule has 3 rings (SSSR count). The maximum atomic E-state index is 10.6. The maximum Gasteiger partial charge on any atom is 0.133 e. The Hall–Kier alpha value is -1.80. The van der Waals surface area contributed by atoms with E-state index >= 15 is 0 Å². The van der Waals surface area contributed by atoms with Gasteiger partial charge in [0, 0.05) is 75.9 Å². The number of aryl methyl sites for hydroxylation is 1. The SMILES string of the molecule is Cc1cc(C=NCCCN2CCOCC2)c(O)c(C=NCCCN2CCOCC2)c1. The summed E-state index contributed by atoms with van der Waals surface area (Å²) in [6, 6.07) is 3.94. The standard InChI is InChI=1S/C23H36N4O3/c1-20-16-21(18-24-4-2-6-26-8-12-29-13-9-26)23(28)22(17-20)19-25-5-3-7-27-10-14-30-15-11-27/h16-19,28H,2-15H2,1H3. The van der Waals surface area contributed by atoms with E-state index in [1.165, 1.54) is 0 Å². The first-order valence-corrected chi connectivity index (χ1v) is 11.2. The lowest BCUT2D eigenvalue weighted by Crippen LogP contribution is -2.37. The predicted octanol–water partition coefficient (Wildman–Crippen LogP) is 1.98. The molecule has 0 amide bonds. The van der Waals surface area contributed by atoms with Crippen LogP contribution in [0.4, 0.5) is 0 Å². The summed E-state index contributed by atoms with van der Waals surface area (Å²) in [6.45, 7) is 13.0. The van der Waals surface area contributed by atoms with Gasteiger partial charge in [-0.15, -0.1) is 0 Å². The highest BCUT2D eigenvalue weighted by atomic mass is 16.5. The summed E-state index contributed by atoms with van der Waals surface area (Å²) in [4.78, 5) is 13.9. The molecule has 2 saturated heterocycles. The van der Waals surface area contributed by atoms with Crippen LogP contribution in [0.15, 0.2) is 22.1 Å². The van der Waals surface area contributed by atoms with E-state index in [0.717, 1.165) is 108 Å². The number of benzene rings is 1. The Balaban J connectivity index is 1.43. The van der Waals surface area contributed by atoms with Gasteiger partial charge >= 0.3 is 0 Å². The van der Waals surface area contributed by atoms with Gasteiger partial charge in [-0.1, -0.05) is 0 Å². The van der Waals surface area contributed by atoms with Gasteiger partial charge in [-0.2, -0.15) is 0 Å². The molecule has 0 aromatic heterocycles. The first kappa shape index (κ1) is 22.9. The highest BCUT2D eigenvalue weighted by Gasteiger charge is 2.10. The number of phenolic OH excluding ortho intramolecular Hbond substituents is 1. The number of hydrogen-bond donors (Lipinski definition) is 1. The summed E-state index contributed by atoms with van der Waals surface area (Å²) in [6.07, 6.45) is 5.61. The van der Waals surface area contributed by atoms with Crippen LogP contribution in [-0.2, 0) is 9.47 Å². The van der Waals surface area contributed by atoms with E-state index in [9.17, 15) is 5.11 Å². The minimum Gasteiger partial charge on any atom is -0.507 e. The van der Waals surface area contributed by atoms with Crippen LogP contribution >= 0.6 is 0 Å². The molecule has 0 spiro atoms. The van der Waals surface area contributed by atoms with E-state index in [4.69, 9.17) is 9.47 Å². The molecule has 0 bridgehead atoms. The van der Waals surface area contributed by atoms with Crippen molar-refractivity contribution in [1.29, 1.82) is 0 Å². The average molecular weight is 417 g/mol. The van der Waals surface area contributed by atoms with Crippen LogP contribution in [0, 0.1) is 6.92 Å². The van der Waals surface area contributed by atoms with Crippen LogP contribution in [0.3, 0.4) is 0 Å². The molecule has 0 radical (unpaired) electrons. The molecule has 1 aromatic rings. The van der Waals surface area contributed by atoms with Crippen LogP contribution in [0.5, 0.6) is 5.75 Å². The molecule has 7 nitrogen and oxygen atoms in total. The zero-order chi connectivity index (χ0) is 21.0. The Labute approximate surface area is 180 Å². The number of rotatable bonds is 10. The zero-order valence-corrected chi connectivity index (χ0v) is 18.3. The van der Waals surface area contributed by atoms with Gasteiger partial charge in [-0.25, -0.2) is 0 Å². The minimum atomic E-state index is 0.259. The van der Waals surface area contributed by atoms with Crippen LogP contribution in [-0.4, -0.2) is 106 Å². The number of morpholine rings is 2. The van der Waals surface area contributed by atoms with E-state index in [-0.39, 0.29) is 5.75 Å². The third-order valence-corrected chi connectivity index (χ3v) is 5.50. The second-order valence-corrected chi connectivity index (χ2v) is 7.98. The molecule has 0 atom stereocenters. The van der Waals surface area contributed by atoms with Gasteiger partial charge in [-0.05, 0) is 37.5 Å². The summed E-state index contributed by atoms with van der Waals surface area (Å²) in [7, 11) is 0. The Morgan fingerprint density at radius 1 is 0.833 bits per heavy atom. The fourth-order valence-corrected chi connectivity index (χ4v) is 3.78. The monoisotopic (exact) mass is 416 g/mol. The van der Waals surface area contributed by atoms with Gasteiger partial charge in [0.25, 0.3) is 0 Å². The molecule has 7 heteroatoms. The van der Waals surface area contributed by atoms with E-state index in [1.54, 1.807) is 12.4 Å². The number of phenols is 1. The normalized spacial score (nSPS) is 19.2. The van der Waals surface area contributed by atoms with Crippen molar-refractivity contribution >= 4 is 12.4 Å².